The van der Waals surface area contributed by atoms with Gasteiger partial charge in [-0.2, -0.15) is 0 Å². The third kappa shape index (κ3) is 3.55. The molecule has 0 N–H and O–H groups in total. The fraction of sp³-hybridized carbons (Fsp3) is 0.417. The molecule has 0 aromatic heterocycles. The third-order valence-electron chi connectivity index (χ3n) is 2.41. The van der Waals surface area contributed by atoms with Gasteiger partial charge in [0.2, 0.25) is 0 Å². The molecule has 0 unspecified atom stereocenters. The van der Waals surface area contributed by atoms with Gasteiger partial charge in [-0.05, 0) is 18.6 Å². The molecule has 0 aliphatic carbocycles. The summed E-state index contributed by atoms with van der Waals surface area (Å²) in [5.41, 5.74) is 0.378. The summed E-state index contributed by atoms with van der Waals surface area (Å²) in [6.07, 6.45) is 1.31. The van der Waals surface area contributed by atoms with E-state index in [0.29, 0.717) is 17.7 Å². The number of carbonyl (C=O) groups excluding carboxylic acids is 1. The molecule has 92 valence electrons. The molecule has 0 fully saturated rings. The number of hydrogen-bond acceptors (Lipinski definition) is 4. The fourth-order valence-corrected chi connectivity index (χ4v) is 1.57. The first kappa shape index (κ1) is 13.2. The second kappa shape index (κ2) is 5.98. The topological polar surface area (TPSA) is 69.4 Å². The number of rotatable bonds is 6. The van der Waals surface area contributed by atoms with Crippen molar-refractivity contribution in [1.29, 1.82) is 0 Å². The van der Waals surface area contributed by atoms with Gasteiger partial charge < -0.3 is 4.74 Å². The molecule has 0 bridgehead atoms. The Morgan fingerprint density at radius 3 is 2.71 bits per heavy atom. The first-order valence-corrected chi connectivity index (χ1v) is 5.41. The van der Waals surface area contributed by atoms with E-state index in [4.69, 9.17) is 4.74 Å². The number of nitro groups is 1. The van der Waals surface area contributed by atoms with E-state index in [2.05, 4.69) is 0 Å². The van der Waals surface area contributed by atoms with E-state index in [0.717, 1.165) is 6.42 Å². The van der Waals surface area contributed by atoms with E-state index in [1.807, 2.05) is 6.92 Å². The summed E-state index contributed by atoms with van der Waals surface area (Å²) in [5, 5.41) is 10.9. The molecule has 0 spiro atoms. The second-order valence-corrected chi connectivity index (χ2v) is 3.72. The Morgan fingerprint density at radius 1 is 1.47 bits per heavy atom. The Kier molecular flexibility index (Phi) is 4.63. The Morgan fingerprint density at radius 2 is 2.18 bits per heavy atom. The number of methoxy groups -OCH3 is 1. The van der Waals surface area contributed by atoms with Gasteiger partial charge in [0.1, 0.15) is 11.5 Å². The number of carbonyl (C=O) groups is 1. The van der Waals surface area contributed by atoms with Crippen LogP contribution in [0, 0.1) is 10.1 Å². The lowest BCUT2D eigenvalue weighted by atomic mass is 10.0. The van der Waals surface area contributed by atoms with Gasteiger partial charge in [0, 0.05) is 18.4 Å². The Balaban J connectivity index is 2.98. The van der Waals surface area contributed by atoms with E-state index in [1.165, 1.54) is 13.2 Å². The molecule has 5 nitrogen and oxygen atoms in total. The summed E-state index contributed by atoms with van der Waals surface area (Å²) in [5.74, 6) is 0.434. The fourth-order valence-electron chi connectivity index (χ4n) is 1.57. The van der Waals surface area contributed by atoms with Crippen LogP contribution in [-0.2, 0) is 11.2 Å². The van der Waals surface area contributed by atoms with E-state index in [9.17, 15) is 14.9 Å². The molecule has 0 radical (unpaired) electrons. The highest BCUT2D eigenvalue weighted by atomic mass is 16.6. The molecule has 1 rings (SSSR count). The smallest absolute Gasteiger partial charge is 0.276 e. The lowest BCUT2D eigenvalue weighted by Crippen LogP contribution is -2.05. The SMILES string of the molecule is CCCC(=O)Cc1ccc(OC)cc1[N+](=O)[O-]. The van der Waals surface area contributed by atoms with Gasteiger partial charge in [-0.15, -0.1) is 0 Å². The van der Waals surface area contributed by atoms with Crippen molar-refractivity contribution in [2.24, 2.45) is 0 Å². The highest BCUT2D eigenvalue weighted by Crippen LogP contribution is 2.25. The van der Waals surface area contributed by atoms with Crippen molar-refractivity contribution in [2.75, 3.05) is 7.11 Å². The minimum absolute atomic E-state index is 0.0146. The van der Waals surface area contributed by atoms with E-state index in [-0.39, 0.29) is 17.9 Å². The minimum Gasteiger partial charge on any atom is -0.497 e. The third-order valence-corrected chi connectivity index (χ3v) is 2.41. The molecule has 0 saturated heterocycles. The molecule has 0 aliphatic rings. The average Bonchev–Trinajstić information content (AvgIpc) is 2.29. The van der Waals surface area contributed by atoms with Crippen LogP contribution in [0.15, 0.2) is 18.2 Å². The van der Waals surface area contributed by atoms with Gasteiger partial charge in [-0.25, -0.2) is 0 Å². The van der Waals surface area contributed by atoms with Crippen LogP contribution in [-0.4, -0.2) is 17.8 Å². The van der Waals surface area contributed by atoms with Gasteiger partial charge in [0.05, 0.1) is 18.1 Å². The largest absolute Gasteiger partial charge is 0.497 e. The summed E-state index contributed by atoms with van der Waals surface area (Å²) in [4.78, 5) is 21.9. The summed E-state index contributed by atoms with van der Waals surface area (Å²) < 4.78 is 4.92. The van der Waals surface area contributed by atoms with Gasteiger partial charge in [0.25, 0.3) is 5.69 Å². The molecule has 1 aromatic rings. The molecule has 0 amide bonds. The number of benzene rings is 1. The Labute approximate surface area is 99.5 Å². The summed E-state index contributed by atoms with van der Waals surface area (Å²) >= 11 is 0. The van der Waals surface area contributed by atoms with Crippen molar-refractivity contribution in [1.82, 2.24) is 0 Å². The zero-order valence-corrected chi connectivity index (χ0v) is 9.93. The number of hydrogen-bond donors (Lipinski definition) is 0. The molecule has 0 heterocycles. The predicted molar refractivity (Wildman–Crippen MR) is 63.3 cm³/mol. The van der Waals surface area contributed by atoms with Crippen molar-refractivity contribution in [3.05, 3.63) is 33.9 Å². The molecule has 0 atom stereocenters. The lowest BCUT2D eigenvalue weighted by Gasteiger charge is -2.04. The summed E-state index contributed by atoms with van der Waals surface area (Å²) in [6, 6.07) is 4.54. The van der Waals surface area contributed by atoms with E-state index >= 15 is 0 Å². The van der Waals surface area contributed by atoms with Crippen LogP contribution in [0.1, 0.15) is 25.3 Å². The number of Topliss-reactive ketones (excluding diaryl/α,β-unsaturated/α-hetero) is 1. The molecule has 5 heteroatoms. The Bertz CT molecular complexity index is 429. The normalized spacial score (nSPS) is 10.0. The van der Waals surface area contributed by atoms with Gasteiger partial charge in [-0.1, -0.05) is 6.92 Å². The molecule has 1 aromatic carbocycles. The molecule has 0 aliphatic heterocycles. The lowest BCUT2D eigenvalue weighted by molar-refractivity contribution is -0.385. The maximum Gasteiger partial charge on any atom is 0.276 e. The van der Waals surface area contributed by atoms with Gasteiger partial charge in [-0.3, -0.25) is 14.9 Å². The van der Waals surface area contributed by atoms with Crippen molar-refractivity contribution in [3.8, 4) is 5.75 Å². The number of ether oxygens (including phenoxy) is 1. The van der Waals surface area contributed by atoms with Crippen LogP contribution >= 0.6 is 0 Å². The highest BCUT2D eigenvalue weighted by molar-refractivity contribution is 5.82. The van der Waals surface area contributed by atoms with E-state index < -0.39 is 4.92 Å². The van der Waals surface area contributed by atoms with Crippen molar-refractivity contribution in [2.45, 2.75) is 26.2 Å². The molecular formula is C12H15NO4. The molecule has 0 saturated carbocycles. The highest BCUT2D eigenvalue weighted by Gasteiger charge is 2.17. The number of nitro benzene ring substituents is 1. The minimum atomic E-state index is -0.489. The summed E-state index contributed by atoms with van der Waals surface area (Å²) in [7, 11) is 1.45. The standard InChI is InChI=1S/C12H15NO4/c1-3-4-10(14)7-9-5-6-11(17-2)8-12(9)13(15)16/h5-6,8H,3-4,7H2,1-2H3. The first-order valence-electron chi connectivity index (χ1n) is 5.41. The zero-order valence-electron chi connectivity index (χ0n) is 9.93. The van der Waals surface area contributed by atoms with Crippen LogP contribution in [0.5, 0.6) is 5.75 Å². The van der Waals surface area contributed by atoms with Crippen LogP contribution in [0.3, 0.4) is 0 Å². The number of ketones is 1. The van der Waals surface area contributed by atoms with Crippen molar-refractivity contribution < 1.29 is 14.5 Å². The monoisotopic (exact) mass is 237 g/mol. The second-order valence-electron chi connectivity index (χ2n) is 3.72. The van der Waals surface area contributed by atoms with Crippen LogP contribution in [0.4, 0.5) is 5.69 Å². The van der Waals surface area contributed by atoms with Crippen LogP contribution < -0.4 is 4.74 Å². The van der Waals surface area contributed by atoms with Gasteiger partial charge >= 0.3 is 0 Å². The molecular weight excluding hydrogens is 222 g/mol. The quantitative estimate of drug-likeness (QED) is 0.563. The maximum absolute atomic E-state index is 11.5. The van der Waals surface area contributed by atoms with Crippen LogP contribution in [0.25, 0.3) is 0 Å². The Hall–Kier alpha value is -1.91. The van der Waals surface area contributed by atoms with Crippen molar-refractivity contribution >= 4 is 11.5 Å². The predicted octanol–water partition coefficient (Wildman–Crippen LogP) is 2.52. The summed E-state index contributed by atoms with van der Waals surface area (Å²) in [6.45, 7) is 1.90. The van der Waals surface area contributed by atoms with E-state index in [1.54, 1.807) is 12.1 Å². The van der Waals surface area contributed by atoms with Crippen LogP contribution in [0.2, 0.25) is 0 Å². The van der Waals surface area contributed by atoms with Gasteiger partial charge in [0.15, 0.2) is 0 Å². The zero-order chi connectivity index (χ0) is 12.8. The average molecular weight is 237 g/mol. The first-order chi connectivity index (χ1) is 8.08. The van der Waals surface area contributed by atoms with Crippen molar-refractivity contribution in [3.63, 3.8) is 0 Å². The molecule has 17 heavy (non-hydrogen) atoms. The maximum atomic E-state index is 11.5. The number of nitrogens with zero attached hydrogens (tertiary/aromatic N) is 1.